The van der Waals surface area contributed by atoms with Crippen molar-refractivity contribution >= 4 is 23.3 Å². The molecule has 0 saturated carbocycles. The molecule has 0 bridgehead atoms. The number of benzene rings is 1. The van der Waals surface area contributed by atoms with Gasteiger partial charge in [0.05, 0.1) is 11.5 Å². The molecule has 1 rings (SSSR count). The molecule has 1 atom stereocenters. The van der Waals surface area contributed by atoms with Gasteiger partial charge in [0.15, 0.2) is 5.75 Å². The minimum Gasteiger partial charge on any atom is -0.502 e. The van der Waals surface area contributed by atoms with Crippen LogP contribution in [0, 0.1) is 10.1 Å². The second-order valence-corrected chi connectivity index (χ2v) is 4.19. The molecule has 0 amide bonds. The highest BCUT2D eigenvalue weighted by molar-refractivity contribution is 6.31. The predicted molar refractivity (Wildman–Crippen MR) is 68.1 cm³/mol. The van der Waals surface area contributed by atoms with Crippen LogP contribution in [0.3, 0.4) is 0 Å². The van der Waals surface area contributed by atoms with Crippen LogP contribution in [0.25, 0.3) is 0 Å². The molecule has 0 heterocycles. The zero-order valence-electron chi connectivity index (χ0n) is 10.1. The highest BCUT2D eigenvalue weighted by Crippen LogP contribution is 2.33. The fourth-order valence-electron chi connectivity index (χ4n) is 1.50. The van der Waals surface area contributed by atoms with Crippen molar-refractivity contribution in [1.29, 1.82) is 0 Å². The number of aromatic hydroxyl groups is 1. The van der Waals surface area contributed by atoms with Gasteiger partial charge in [-0.15, -0.1) is 0 Å². The number of nitro benzene ring substituents is 1. The van der Waals surface area contributed by atoms with Crippen molar-refractivity contribution in [3.05, 3.63) is 32.8 Å². The third-order valence-corrected chi connectivity index (χ3v) is 2.58. The zero-order valence-corrected chi connectivity index (χ0v) is 10.9. The second-order valence-electron chi connectivity index (χ2n) is 3.75. The Bertz CT molecular complexity index is 506. The molecule has 0 aliphatic rings. The minimum atomic E-state index is -1.02. The van der Waals surface area contributed by atoms with Gasteiger partial charge in [0, 0.05) is 23.1 Å². The van der Waals surface area contributed by atoms with Crippen LogP contribution in [0.15, 0.2) is 12.1 Å². The van der Waals surface area contributed by atoms with Crippen molar-refractivity contribution in [2.75, 3.05) is 6.61 Å². The lowest BCUT2D eigenvalue weighted by molar-refractivity contribution is -0.385. The van der Waals surface area contributed by atoms with Crippen molar-refractivity contribution in [3.63, 3.8) is 0 Å². The van der Waals surface area contributed by atoms with E-state index in [9.17, 15) is 20.0 Å². The van der Waals surface area contributed by atoms with Crippen LogP contribution >= 0.6 is 11.6 Å². The lowest BCUT2D eigenvalue weighted by atomic mass is 10.0. The first-order valence-electron chi connectivity index (χ1n) is 5.44. The smallest absolute Gasteiger partial charge is 0.323 e. The summed E-state index contributed by atoms with van der Waals surface area (Å²) in [5, 5.41) is 20.5. The van der Waals surface area contributed by atoms with E-state index < -0.39 is 28.4 Å². The van der Waals surface area contributed by atoms with E-state index in [1.807, 2.05) is 0 Å². The van der Waals surface area contributed by atoms with Crippen LogP contribution in [-0.4, -0.2) is 28.6 Å². The van der Waals surface area contributed by atoms with E-state index >= 15 is 0 Å². The number of nitrogens with zero attached hydrogens (tertiary/aromatic N) is 1. The number of carbonyl (C=O) groups is 1. The summed E-state index contributed by atoms with van der Waals surface area (Å²) in [6.45, 7) is 1.81. The molecule has 0 spiro atoms. The Morgan fingerprint density at radius 3 is 2.79 bits per heavy atom. The van der Waals surface area contributed by atoms with Crippen molar-refractivity contribution in [3.8, 4) is 5.75 Å². The first-order chi connectivity index (χ1) is 8.86. The number of esters is 1. The molecule has 1 unspecified atom stereocenters. The summed E-state index contributed by atoms with van der Waals surface area (Å²) in [4.78, 5) is 21.3. The van der Waals surface area contributed by atoms with Crippen LogP contribution < -0.4 is 5.73 Å². The van der Waals surface area contributed by atoms with E-state index in [-0.39, 0.29) is 23.6 Å². The van der Waals surface area contributed by atoms with Crippen LogP contribution in [0.4, 0.5) is 5.69 Å². The van der Waals surface area contributed by atoms with E-state index in [1.165, 1.54) is 6.07 Å². The van der Waals surface area contributed by atoms with E-state index in [1.54, 1.807) is 6.92 Å². The van der Waals surface area contributed by atoms with Crippen LogP contribution in [-0.2, 0) is 16.0 Å². The van der Waals surface area contributed by atoms with Gasteiger partial charge in [0.2, 0.25) is 0 Å². The van der Waals surface area contributed by atoms with E-state index in [2.05, 4.69) is 0 Å². The molecule has 19 heavy (non-hydrogen) atoms. The Kier molecular flexibility index (Phi) is 5.08. The van der Waals surface area contributed by atoms with E-state index in [0.29, 0.717) is 0 Å². The molecule has 1 aromatic rings. The first-order valence-corrected chi connectivity index (χ1v) is 5.82. The Morgan fingerprint density at radius 2 is 2.26 bits per heavy atom. The minimum absolute atomic E-state index is 0.0792. The molecule has 7 nitrogen and oxygen atoms in total. The average molecular weight is 289 g/mol. The van der Waals surface area contributed by atoms with Gasteiger partial charge in [-0.2, -0.15) is 0 Å². The van der Waals surface area contributed by atoms with Crippen molar-refractivity contribution in [2.45, 2.75) is 19.4 Å². The molecular formula is C11H13ClN2O5. The monoisotopic (exact) mass is 288 g/mol. The molecule has 1 aromatic carbocycles. The van der Waals surface area contributed by atoms with E-state index in [4.69, 9.17) is 22.1 Å². The van der Waals surface area contributed by atoms with Gasteiger partial charge in [0.25, 0.3) is 0 Å². The Morgan fingerprint density at radius 1 is 1.63 bits per heavy atom. The molecule has 0 fully saturated rings. The Hall–Kier alpha value is -1.86. The molecule has 0 aliphatic carbocycles. The second kappa shape index (κ2) is 6.35. The standard InChI is InChI=1S/C11H13ClN2O5/c1-2-19-11(16)8(13)4-6-3-7(12)5-9(10(6)15)14(17)18/h3,5,8,15H,2,4,13H2,1H3. The molecular weight excluding hydrogens is 276 g/mol. The maximum atomic E-state index is 11.4. The zero-order chi connectivity index (χ0) is 14.6. The number of carbonyl (C=O) groups excluding carboxylic acids is 1. The van der Waals surface area contributed by atoms with Gasteiger partial charge in [-0.05, 0) is 13.0 Å². The van der Waals surface area contributed by atoms with Crippen molar-refractivity contribution < 1.29 is 19.6 Å². The maximum Gasteiger partial charge on any atom is 0.323 e. The number of halogens is 1. The van der Waals surface area contributed by atoms with Gasteiger partial charge < -0.3 is 15.6 Å². The van der Waals surface area contributed by atoms with Gasteiger partial charge >= 0.3 is 11.7 Å². The van der Waals surface area contributed by atoms with Crippen LogP contribution in [0.2, 0.25) is 5.02 Å². The first kappa shape index (κ1) is 15.2. The van der Waals surface area contributed by atoms with Gasteiger partial charge in [-0.3, -0.25) is 14.9 Å². The molecule has 0 aromatic heterocycles. The SMILES string of the molecule is CCOC(=O)C(N)Cc1cc(Cl)cc([N+](=O)[O-])c1O. The lowest BCUT2D eigenvalue weighted by Gasteiger charge is -2.12. The normalized spacial score (nSPS) is 11.9. The number of nitrogens with two attached hydrogens (primary N) is 1. The van der Waals surface area contributed by atoms with Gasteiger partial charge in [0.1, 0.15) is 6.04 Å². The lowest BCUT2D eigenvalue weighted by Crippen LogP contribution is -2.34. The molecule has 3 N–H and O–H groups in total. The molecule has 0 aliphatic heterocycles. The quantitative estimate of drug-likeness (QED) is 0.480. The Labute approximate surface area is 114 Å². The number of rotatable bonds is 5. The fourth-order valence-corrected chi connectivity index (χ4v) is 1.74. The molecule has 104 valence electrons. The largest absolute Gasteiger partial charge is 0.502 e. The summed E-state index contributed by atoms with van der Waals surface area (Å²) < 4.78 is 4.71. The number of hydrogen-bond acceptors (Lipinski definition) is 6. The topological polar surface area (TPSA) is 116 Å². The summed E-state index contributed by atoms with van der Waals surface area (Å²) in [5.41, 5.74) is 5.18. The summed E-state index contributed by atoms with van der Waals surface area (Å²) in [6, 6.07) is 1.32. The Balaban J connectivity index is 3.01. The highest BCUT2D eigenvalue weighted by atomic mass is 35.5. The summed E-state index contributed by atoms with van der Waals surface area (Å²) in [7, 11) is 0. The van der Waals surface area contributed by atoms with Gasteiger partial charge in [-0.1, -0.05) is 11.6 Å². The summed E-state index contributed by atoms with van der Waals surface area (Å²) >= 11 is 5.72. The third-order valence-electron chi connectivity index (χ3n) is 2.36. The number of hydrogen-bond donors (Lipinski definition) is 2. The number of nitro groups is 1. The van der Waals surface area contributed by atoms with Gasteiger partial charge in [-0.25, -0.2) is 0 Å². The third kappa shape index (κ3) is 3.80. The average Bonchev–Trinajstić information content (AvgIpc) is 2.33. The molecule has 0 radical (unpaired) electrons. The van der Waals surface area contributed by atoms with Crippen molar-refractivity contribution in [2.24, 2.45) is 5.73 Å². The summed E-state index contributed by atoms with van der Waals surface area (Å²) in [6.07, 6.45) is -0.105. The van der Waals surface area contributed by atoms with Crippen LogP contribution in [0.5, 0.6) is 5.75 Å². The molecule has 0 saturated heterocycles. The molecule has 8 heteroatoms. The van der Waals surface area contributed by atoms with Crippen molar-refractivity contribution in [1.82, 2.24) is 0 Å². The number of phenolic OH excluding ortho intramolecular Hbond substituents is 1. The van der Waals surface area contributed by atoms with E-state index in [0.717, 1.165) is 6.07 Å². The summed E-state index contributed by atoms with van der Waals surface area (Å²) in [5.74, 6) is -1.20. The predicted octanol–water partition coefficient (Wildman–Crippen LogP) is 1.39. The maximum absolute atomic E-state index is 11.4. The fraction of sp³-hybridized carbons (Fsp3) is 0.364. The van der Waals surface area contributed by atoms with Crippen LogP contribution in [0.1, 0.15) is 12.5 Å². The number of phenols is 1. The highest BCUT2D eigenvalue weighted by Gasteiger charge is 2.23. The number of ether oxygens (including phenoxy) is 1.